The standard InChI is InChI=1S/C14H18OS/c1-14-6-4-10(9-15)8-11(14)2-3-13-12(14)5-7-16-13/h5,7,9-11H,2-4,6,8H2,1H3/t10?,11-,14+/m1/s1. The van der Waals surface area contributed by atoms with Gasteiger partial charge in [-0.3, -0.25) is 0 Å². The maximum Gasteiger partial charge on any atom is 0.123 e. The predicted molar refractivity (Wildman–Crippen MR) is 66.9 cm³/mol. The second-order valence-electron chi connectivity index (χ2n) is 5.58. The Morgan fingerprint density at radius 2 is 2.38 bits per heavy atom. The van der Waals surface area contributed by atoms with Gasteiger partial charge < -0.3 is 4.79 Å². The Hall–Kier alpha value is -0.630. The van der Waals surface area contributed by atoms with E-state index >= 15 is 0 Å². The van der Waals surface area contributed by atoms with Crippen molar-refractivity contribution in [3.05, 3.63) is 21.9 Å². The van der Waals surface area contributed by atoms with E-state index in [9.17, 15) is 4.79 Å². The van der Waals surface area contributed by atoms with Gasteiger partial charge in [-0.05, 0) is 60.4 Å². The molecule has 1 aromatic heterocycles. The van der Waals surface area contributed by atoms with Crippen LogP contribution in [-0.4, -0.2) is 6.29 Å². The van der Waals surface area contributed by atoms with E-state index in [1.54, 1.807) is 10.4 Å². The molecule has 3 atom stereocenters. The third-order valence-electron chi connectivity index (χ3n) is 4.80. The zero-order valence-corrected chi connectivity index (χ0v) is 10.6. The van der Waals surface area contributed by atoms with Crippen LogP contribution >= 0.6 is 11.3 Å². The number of hydrogen-bond donors (Lipinski definition) is 0. The SMILES string of the molecule is C[C@]12CCC(C=O)C[C@H]1CCc1sccc12. The lowest BCUT2D eigenvalue weighted by molar-refractivity contribution is -0.113. The van der Waals surface area contributed by atoms with Crippen molar-refractivity contribution in [1.29, 1.82) is 0 Å². The summed E-state index contributed by atoms with van der Waals surface area (Å²) in [6.07, 6.45) is 7.11. The van der Waals surface area contributed by atoms with Gasteiger partial charge in [0.05, 0.1) is 0 Å². The largest absolute Gasteiger partial charge is 0.303 e. The highest BCUT2D eigenvalue weighted by Crippen LogP contribution is 2.52. The minimum atomic E-state index is 0.332. The molecule has 0 aliphatic heterocycles. The molecule has 0 spiro atoms. The molecule has 0 N–H and O–H groups in total. The van der Waals surface area contributed by atoms with Crippen LogP contribution < -0.4 is 0 Å². The summed E-state index contributed by atoms with van der Waals surface area (Å²) in [5.41, 5.74) is 1.96. The molecule has 0 saturated heterocycles. The topological polar surface area (TPSA) is 17.1 Å². The Labute approximate surface area is 101 Å². The van der Waals surface area contributed by atoms with Crippen molar-refractivity contribution >= 4 is 17.6 Å². The molecule has 0 bridgehead atoms. The van der Waals surface area contributed by atoms with E-state index in [2.05, 4.69) is 18.4 Å². The van der Waals surface area contributed by atoms with Crippen LogP contribution in [0.15, 0.2) is 11.4 Å². The van der Waals surface area contributed by atoms with Gasteiger partial charge >= 0.3 is 0 Å². The van der Waals surface area contributed by atoms with E-state index in [4.69, 9.17) is 0 Å². The molecule has 0 amide bonds. The Morgan fingerprint density at radius 3 is 3.19 bits per heavy atom. The molecule has 1 aromatic rings. The van der Waals surface area contributed by atoms with Gasteiger partial charge in [-0.15, -0.1) is 11.3 Å². The second kappa shape index (κ2) is 3.69. The van der Waals surface area contributed by atoms with Gasteiger partial charge in [0.2, 0.25) is 0 Å². The average Bonchev–Trinajstić information content (AvgIpc) is 2.77. The van der Waals surface area contributed by atoms with Gasteiger partial charge in [0.25, 0.3) is 0 Å². The van der Waals surface area contributed by atoms with Gasteiger partial charge in [-0.2, -0.15) is 0 Å². The summed E-state index contributed by atoms with van der Waals surface area (Å²) in [6.45, 7) is 2.42. The maximum absolute atomic E-state index is 10.9. The molecular formula is C14H18OS. The normalized spacial score (nSPS) is 37.6. The van der Waals surface area contributed by atoms with Crippen LogP contribution in [0.4, 0.5) is 0 Å². The number of carbonyl (C=O) groups excluding carboxylic acids is 1. The van der Waals surface area contributed by atoms with Crippen LogP contribution in [-0.2, 0) is 16.6 Å². The Kier molecular flexibility index (Phi) is 2.43. The molecule has 16 heavy (non-hydrogen) atoms. The number of aryl methyl sites for hydroxylation is 1. The lowest BCUT2D eigenvalue weighted by Crippen LogP contribution is -2.41. The molecular weight excluding hydrogens is 216 g/mol. The lowest BCUT2D eigenvalue weighted by atomic mass is 9.58. The van der Waals surface area contributed by atoms with E-state index in [1.807, 2.05) is 11.3 Å². The molecule has 2 aliphatic carbocycles. The van der Waals surface area contributed by atoms with Gasteiger partial charge in [-0.25, -0.2) is 0 Å². The Morgan fingerprint density at radius 1 is 1.50 bits per heavy atom. The van der Waals surface area contributed by atoms with E-state index in [-0.39, 0.29) is 0 Å². The van der Waals surface area contributed by atoms with Crippen LogP contribution in [0, 0.1) is 11.8 Å². The highest BCUT2D eigenvalue weighted by atomic mass is 32.1. The minimum absolute atomic E-state index is 0.332. The smallest absolute Gasteiger partial charge is 0.123 e. The van der Waals surface area contributed by atoms with Crippen molar-refractivity contribution in [3.63, 3.8) is 0 Å². The summed E-state index contributed by atoms with van der Waals surface area (Å²) >= 11 is 1.92. The number of fused-ring (bicyclic) bond motifs is 3. The van der Waals surface area contributed by atoms with Crippen LogP contribution in [0.3, 0.4) is 0 Å². The molecule has 86 valence electrons. The zero-order valence-electron chi connectivity index (χ0n) is 9.74. The summed E-state index contributed by atoms with van der Waals surface area (Å²) in [7, 11) is 0. The fraction of sp³-hybridized carbons (Fsp3) is 0.643. The average molecular weight is 234 g/mol. The molecule has 0 radical (unpaired) electrons. The quantitative estimate of drug-likeness (QED) is 0.679. The molecule has 1 saturated carbocycles. The predicted octanol–water partition coefficient (Wildman–Crippen LogP) is 3.57. The highest BCUT2D eigenvalue weighted by molar-refractivity contribution is 7.10. The number of rotatable bonds is 1. The van der Waals surface area contributed by atoms with Crippen molar-refractivity contribution in [3.8, 4) is 0 Å². The Bertz CT molecular complexity index is 409. The summed E-state index contributed by atoms with van der Waals surface area (Å²) < 4.78 is 0. The maximum atomic E-state index is 10.9. The number of hydrogen-bond acceptors (Lipinski definition) is 2. The van der Waals surface area contributed by atoms with Crippen molar-refractivity contribution in [1.82, 2.24) is 0 Å². The molecule has 1 unspecified atom stereocenters. The zero-order chi connectivity index (χ0) is 11.2. The van der Waals surface area contributed by atoms with Crippen LogP contribution in [0.25, 0.3) is 0 Å². The van der Waals surface area contributed by atoms with Gasteiger partial charge in [-0.1, -0.05) is 6.92 Å². The molecule has 2 heteroatoms. The molecule has 3 rings (SSSR count). The summed E-state index contributed by atoms with van der Waals surface area (Å²) in [5.74, 6) is 1.07. The van der Waals surface area contributed by atoms with Gasteiger partial charge in [0.15, 0.2) is 0 Å². The monoisotopic (exact) mass is 234 g/mol. The number of thiophene rings is 1. The minimum Gasteiger partial charge on any atom is -0.303 e. The highest BCUT2D eigenvalue weighted by Gasteiger charge is 2.44. The Balaban J connectivity index is 1.96. The van der Waals surface area contributed by atoms with Crippen LogP contribution in [0.2, 0.25) is 0 Å². The third-order valence-corrected chi connectivity index (χ3v) is 5.78. The van der Waals surface area contributed by atoms with Crippen molar-refractivity contribution in [2.45, 2.75) is 44.4 Å². The van der Waals surface area contributed by atoms with Crippen molar-refractivity contribution in [2.24, 2.45) is 11.8 Å². The molecule has 1 fully saturated rings. The first kappa shape index (κ1) is 10.5. The molecule has 0 aromatic carbocycles. The number of carbonyl (C=O) groups is 1. The van der Waals surface area contributed by atoms with Crippen LogP contribution in [0.1, 0.15) is 43.0 Å². The summed E-state index contributed by atoms with van der Waals surface area (Å²) in [5, 5.41) is 2.24. The van der Waals surface area contributed by atoms with E-state index in [1.165, 1.54) is 25.5 Å². The summed E-state index contributed by atoms with van der Waals surface area (Å²) in [6, 6.07) is 2.33. The van der Waals surface area contributed by atoms with Crippen LogP contribution in [0.5, 0.6) is 0 Å². The fourth-order valence-electron chi connectivity index (χ4n) is 3.70. The second-order valence-corrected chi connectivity index (χ2v) is 6.58. The van der Waals surface area contributed by atoms with Crippen molar-refractivity contribution < 1.29 is 4.79 Å². The first-order chi connectivity index (χ1) is 7.74. The molecule has 2 aliphatic rings. The number of aldehydes is 1. The summed E-state index contributed by atoms with van der Waals surface area (Å²) in [4.78, 5) is 12.5. The molecule has 1 heterocycles. The first-order valence-corrected chi connectivity index (χ1v) is 7.14. The molecule has 1 nitrogen and oxygen atoms in total. The van der Waals surface area contributed by atoms with E-state index < -0.39 is 0 Å². The van der Waals surface area contributed by atoms with Crippen molar-refractivity contribution in [2.75, 3.05) is 0 Å². The van der Waals surface area contributed by atoms with Gasteiger partial charge in [0.1, 0.15) is 6.29 Å². The van der Waals surface area contributed by atoms with E-state index in [0.29, 0.717) is 11.3 Å². The lowest BCUT2D eigenvalue weighted by Gasteiger charge is -2.46. The van der Waals surface area contributed by atoms with E-state index in [0.717, 1.165) is 18.8 Å². The first-order valence-electron chi connectivity index (χ1n) is 6.26. The fourth-order valence-corrected chi connectivity index (χ4v) is 4.73. The van der Waals surface area contributed by atoms with Gasteiger partial charge in [0, 0.05) is 10.8 Å². The third kappa shape index (κ3) is 1.39.